The van der Waals surface area contributed by atoms with Crippen molar-refractivity contribution in [3.63, 3.8) is 0 Å². The first kappa shape index (κ1) is 10.1. The van der Waals surface area contributed by atoms with Crippen LogP contribution in [0.2, 0.25) is 0 Å². The molecule has 2 rings (SSSR count). The number of nitrogens with zero attached hydrogens (tertiary/aromatic N) is 2. The number of aromatic nitrogens is 1. The van der Waals surface area contributed by atoms with Crippen LogP contribution in [0.15, 0.2) is 42.7 Å². The van der Waals surface area contributed by atoms with Crippen molar-refractivity contribution in [1.82, 2.24) is 4.98 Å². The molecule has 1 aromatic heterocycles. The topological polar surface area (TPSA) is 45.9 Å². The first-order chi connectivity index (χ1) is 7.78. The molecule has 0 aliphatic heterocycles. The molecule has 0 fully saturated rings. The van der Waals surface area contributed by atoms with E-state index in [9.17, 15) is 4.39 Å². The van der Waals surface area contributed by atoms with Crippen LogP contribution in [0.1, 0.15) is 5.56 Å². The third kappa shape index (κ3) is 2.34. The minimum Gasteiger partial charge on any atom is -0.456 e. The van der Waals surface area contributed by atoms with E-state index in [2.05, 4.69) is 4.98 Å². The Labute approximate surface area is 91.7 Å². The Bertz CT molecular complexity index is 534. The summed E-state index contributed by atoms with van der Waals surface area (Å²) >= 11 is 0. The molecule has 0 aliphatic carbocycles. The number of pyridine rings is 1. The maximum absolute atomic E-state index is 13.1. The summed E-state index contributed by atoms with van der Waals surface area (Å²) in [4.78, 5) is 3.86. The number of nitriles is 1. The van der Waals surface area contributed by atoms with Gasteiger partial charge in [-0.2, -0.15) is 5.26 Å². The molecule has 0 N–H and O–H groups in total. The first-order valence-electron chi connectivity index (χ1n) is 4.56. The number of ether oxygens (including phenoxy) is 1. The van der Waals surface area contributed by atoms with Gasteiger partial charge in [0.25, 0.3) is 0 Å². The Hall–Kier alpha value is -2.41. The predicted octanol–water partition coefficient (Wildman–Crippen LogP) is 2.88. The highest BCUT2D eigenvalue weighted by Crippen LogP contribution is 2.22. The van der Waals surface area contributed by atoms with Crippen molar-refractivity contribution in [2.24, 2.45) is 0 Å². The molecule has 16 heavy (non-hydrogen) atoms. The monoisotopic (exact) mass is 214 g/mol. The van der Waals surface area contributed by atoms with E-state index in [1.165, 1.54) is 18.3 Å². The summed E-state index contributed by atoms with van der Waals surface area (Å²) in [6.07, 6.45) is 3.12. The summed E-state index contributed by atoms with van der Waals surface area (Å²) in [5.41, 5.74) is 0.221. The van der Waals surface area contributed by atoms with Crippen molar-refractivity contribution in [3.8, 4) is 17.6 Å². The standard InChI is InChI=1S/C12H7FN2O/c13-10-4-9(7-14)5-12(6-10)16-11-2-1-3-15-8-11/h1-6,8H. The molecule has 2 aromatic rings. The van der Waals surface area contributed by atoms with Crippen LogP contribution in [0.3, 0.4) is 0 Å². The molecule has 1 aromatic carbocycles. The number of halogens is 1. The van der Waals surface area contributed by atoms with Crippen LogP contribution in [0.5, 0.6) is 11.5 Å². The van der Waals surface area contributed by atoms with Crippen LogP contribution < -0.4 is 4.74 Å². The second kappa shape index (κ2) is 4.41. The molecule has 78 valence electrons. The SMILES string of the molecule is N#Cc1cc(F)cc(Oc2cccnc2)c1. The minimum absolute atomic E-state index is 0.221. The van der Waals surface area contributed by atoms with E-state index in [4.69, 9.17) is 10.00 Å². The first-order valence-corrected chi connectivity index (χ1v) is 4.56. The van der Waals surface area contributed by atoms with Gasteiger partial charge in [0, 0.05) is 12.3 Å². The Morgan fingerprint density at radius 1 is 1.25 bits per heavy atom. The van der Waals surface area contributed by atoms with E-state index in [0.717, 1.165) is 6.07 Å². The fraction of sp³-hybridized carbons (Fsp3) is 0. The molecular weight excluding hydrogens is 207 g/mol. The van der Waals surface area contributed by atoms with Gasteiger partial charge >= 0.3 is 0 Å². The molecule has 0 saturated heterocycles. The van der Waals surface area contributed by atoms with Crippen LogP contribution in [-0.4, -0.2) is 4.98 Å². The number of hydrogen-bond acceptors (Lipinski definition) is 3. The van der Waals surface area contributed by atoms with E-state index in [-0.39, 0.29) is 11.3 Å². The number of hydrogen-bond donors (Lipinski definition) is 0. The zero-order valence-electron chi connectivity index (χ0n) is 8.22. The van der Waals surface area contributed by atoms with Gasteiger partial charge in [0.05, 0.1) is 17.8 Å². The lowest BCUT2D eigenvalue weighted by molar-refractivity contribution is 0.474. The highest BCUT2D eigenvalue weighted by atomic mass is 19.1. The van der Waals surface area contributed by atoms with Crippen molar-refractivity contribution >= 4 is 0 Å². The highest BCUT2D eigenvalue weighted by molar-refractivity contribution is 5.39. The lowest BCUT2D eigenvalue weighted by Gasteiger charge is -2.05. The van der Waals surface area contributed by atoms with Crippen LogP contribution in [0.4, 0.5) is 4.39 Å². The van der Waals surface area contributed by atoms with Crippen molar-refractivity contribution in [2.45, 2.75) is 0 Å². The van der Waals surface area contributed by atoms with Crippen molar-refractivity contribution < 1.29 is 9.13 Å². The zero-order chi connectivity index (χ0) is 11.4. The second-order valence-electron chi connectivity index (χ2n) is 3.08. The lowest BCUT2D eigenvalue weighted by atomic mass is 10.2. The molecule has 0 radical (unpaired) electrons. The molecule has 0 aliphatic rings. The molecule has 0 unspecified atom stereocenters. The molecule has 0 atom stereocenters. The smallest absolute Gasteiger partial charge is 0.145 e. The van der Waals surface area contributed by atoms with E-state index in [0.29, 0.717) is 5.75 Å². The average molecular weight is 214 g/mol. The summed E-state index contributed by atoms with van der Waals surface area (Å²) < 4.78 is 18.4. The molecule has 3 nitrogen and oxygen atoms in total. The Morgan fingerprint density at radius 3 is 2.81 bits per heavy atom. The summed E-state index contributed by atoms with van der Waals surface area (Å²) in [7, 11) is 0. The van der Waals surface area contributed by atoms with Gasteiger partial charge < -0.3 is 4.74 Å². The fourth-order valence-electron chi connectivity index (χ4n) is 1.23. The van der Waals surface area contributed by atoms with Gasteiger partial charge in [-0.1, -0.05) is 0 Å². The van der Waals surface area contributed by atoms with Gasteiger partial charge in [-0.3, -0.25) is 4.98 Å². The molecule has 0 bridgehead atoms. The van der Waals surface area contributed by atoms with Gasteiger partial charge in [-0.15, -0.1) is 0 Å². The fourth-order valence-corrected chi connectivity index (χ4v) is 1.23. The average Bonchev–Trinajstić information content (AvgIpc) is 2.29. The summed E-state index contributed by atoms with van der Waals surface area (Å²) in [5, 5.41) is 8.67. The van der Waals surface area contributed by atoms with Crippen LogP contribution in [-0.2, 0) is 0 Å². The second-order valence-corrected chi connectivity index (χ2v) is 3.08. The largest absolute Gasteiger partial charge is 0.456 e. The van der Waals surface area contributed by atoms with E-state index in [1.807, 2.05) is 6.07 Å². The maximum Gasteiger partial charge on any atom is 0.145 e. The van der Waals surface area contributed by atoms with Crippen LogP contribution >= 0.6 is 0 Å². The maximum atomic E-state index is 13.1. The van der Waals surface area contributed by atoms with E-state index in [1.54, 1.807) is 18.3 Å². The Morgan fingerprint density at radius 2 is 2.12 bits per heavy atom. The highest BCUT2D eigenvalue weighted by Gasteiger charge is 2.02. The van der Waals surface area contributed by atoms with Gasteiger partial charge in [0.15, 0.2) is 0 Å². The van der Waals surface area contributed by atoms with Crippen LogP contribution in [0.25, 0.3) is 0 Å². The van der Waals surface area contributed by atoms with E-state index >= 15 is 0 Å². The van der Waals surface area contributed by atoms with Crippen molar-refractivity contribution in [2.75, 3.05) is 0 Å². The van der Waals surface area contributed by atoms with Gasteiger partial charge in [0.2, 0.25) is 0 Å². The summed E-state index contributed by atoms with van der Waals surface area (Å²) in [6, 6.07) is 9.10. The van der Waals surface area contributed by atoms with Gasteiger partial charge in [-0.05, 0) is 24.3 Å². The lowest BCUT2D eigenvalue weighted by Crippen LogP contribution is -1.87. The molecule has 0 saturated carbocycles. The van der Waals surface area contributed by atoms with E-state index < -0.39 is 5.82 Å². The Kier molecular flexibility index (Phi) is 2.79. The summed E-state index contributed by atoms with van der Waals surface area (Å²) in [6.45, 7) is 0. The zero-order valence-corrected chi connectivity index (χ0v) is 8.22. The number of rotatable bonds is 2. The van der Waals surface area contributed by atoms with Gasteiger partial charge in [0.1, 0.15) is 17.3 Å². The minimum atomic E-state index is -0.502. The third-order valence-corrected chi connectivity index (χ3v) is 1.87. The third-order valence-electron chi connectivity index (χ3n) is 1.87. The summed E-state index contributed by atoms with van der Waals surface area (Å²) in [5.74, 6) is 0.277. The van der Waals surface area contributed by atoms with Crippen LogP contribution in [0, 0.1) is 17.1 Å². The molecular formula is C12H7FN2O. The van der Waals surface area contributed by atoms with Crippen molar-refractivity contribution in [3.05, 3.63) is 54.1 Å². The molecule has 0 amide bonds. The quantitative estimate of drug-likeness (QED) is 0.772. The van der Waals surface area contributed by atoms with Crippen molar-refractivity contribution in [1.29, 1.82) is 5.26 Å². The number of benzene rings is 1. The molecule has 1 heterocycles. The normalized spacial score (nSPS) is 9.50. The Balaban J connectivity index is 2.29. The predicted molar refractivity (Wildman–Crippen MR) is 55.4 cm³/mol. The molecule has 0 spiro atoms. The van der Waals surface area contributed by atoms with Gasteiger partial charge in [-0.25, -0.2) is 4.39 Å². The molecule has 4 heteroatoms.